The van der Waals surface area contributed by atoms with Crippen LogP contribution in [0.1, 0.15) is 46.3 Å². The molecule has 0 radical (unpaired) electrons. The van der Waals surface area contributed by atoms with Gasteiger partial charge < -0.3 is 10.6 Å². The lowest BCUT2D eigenvalue weighted by atomic mass is 9.95. The van der Waals surface area contributed by atoms with Gasteiger partial charge in [-0.2, -0.15) is 0 Å². The van der Waals surface area contributed by atoms with Gasteiger partial charge in [0, 0.05) is 31.2 Å². The second-order valence-corrected chi connectivity index (χ2v) is 6.64. The monoisotopic (exact) mass is 307 g/mol. The van der Waals surface area contributed by atoms with Crippen molar-refractivity contribution in [3.05, 3.63) is 65.5 Å². The number of hydrogen-bond donors (Lipinski definition) is 1. The van der Waals surface area contributed by atoms with Crippen LogP contribution in [0.3, 0.4) is 0 Å². The zero-order valence-electron chi connectivity index (χ0n) is 13.1. The molecular weight excluding hydrogens is 286 g/mol. The van der Waals surface area contributed by atoms with Crippen molar-refractivity contribution in [3.63, 3.8) is 0 Å². The summed E-state index contributed by atoms with van der Waals surface area (Å²) in [5, 5.41) is 0. The van der Waals surface area contributed by atoms with Crippen molar-refractivity contribution in [1.82, 2.24) is 9.88 Å². The average Bonchev–Trinajstić information content (AvgIpc) is 3.37. The smallest absolute Gasteiger partial charge is 0.272 e. The van der Waals surface area contributed by atoms with E-state index in [1.807, 2.05) is 41.4 Å². The first-order chi connectivity index (χ1) is 11.2. The molecule has 1 saturated heterocycles. The van der Waals surface area contributed by atoms with Crippen molar-refractivity contribution >= 4 is 5.91 Å². The molecule has 0 spiro atoms. The molecule has 4 rings (SSSR count). The number of likely N-dealkylation sites (tertiary alicyclic amines) is 1. The molecule has 2 heterocycles. The molecule has 4 nitrogen and oxygen atoms in total. The summed E-state index contributed by atoms with van der Waals surface area (Å²) in [4.78, 5) is 18.9. The lowest BCUT2D eigenvalue weighted by Crippen LogP contribution is -2.32. The van der Waals surface area contributed by atoms with Gasteiger partial charge in [-0.05, 0) is 36.0 Å². The van der Waals surface area contributed by atoms with Gasteiger partial charge in [-0.3, -0.25) is 9.78 Å². The highest BCUT2D eigenvalue weighted by Gasteiger charge is 2.34. The Kier molecular flexibility index (Phi) is 3.62. The lowest BCUT2D eigenvalue weighted by Gasteiger charge is -2.16. The van der Waals surface area contributed by atoms with Gasteiger partial charge in [0.15, 0.2) is 0 Å². The normalized spacial score (nSPS) is 24.0. The van der Waals surface area contributed by atoms with E-state index in [1.165, 1.54) is 24.0 Å². The van der Waals surface area contributed by atoms with Crippen LogP contribution in [0.15, 0.2) is 48.7 Å². The minimum atomic E-state index is -0.0212. The highest BCUT2D eigenvalue weighted by atomic mass is 16.2. The van der Waals surface area contributed by atoms with Crippen LogP contribution in [0.25, 0.3) is 0 Å². The van der Waals surface area contributed by atoms with Crippen LogP contribution in [0.2, 0.25) is 0 Å². The third-order valence-corrected chi connectivity index (χ3v) is 4.93. The minimum Gasteiger partial charge on any atom is -0.335 e. The van der Waals surface area contributed by atoms with Gasteiger partial charge in [-0.25, -0.2) is 0 Å². The molecule has 2 atom stereocenters. The molecule has 1 saturated carbocycles. The fourth-order valence-electron chi connectivity index (χ4n) is 3.40. The molecule has 1 aromatic carbocycles. The summed E-state index contributed by atoms with van der Waals surface area (Å²) in [7, 11) is 0. The Hall–Kier alpha value is -2.20. The van der Waals surface area contributed by atoms with Crippen LogP contribution >= 0.6 is 0 Å². The number of carbonyl (C=O) groups excluding carboxylic acids is 1. The highest BCUT2D eigenvalue weighted by Crippen LogP contribution is 2.39. The van der Waals surface area contributed by atoms with Crippen molar-refractivity contribution < 1.29 is 4.79 Å². The Morgan fingerprint density at radius 1 is 1.04 bits per heavy atom. The maximum atomic E-state index is 12.7. The topological polar surface area (TPSA) is 59.2 Å². The number of carbonyl (C=O) groups is 1. The molecule has 0 unspecified atom stereocenters. The second kappa shape index (κ2) is 5.78. The quantitative estimate of drug-likeness (QED) is 0.948. The average molecular weight is 307 g/mol. The van der Waals surface area contributed by atoms with E-state index in [0.717, 1.165) is 0 Å². The number of pyridine rings is 1. The van der Waals surface area contributed by atoms with Crippen LogP contribution in [-0.4, -0.2) is 34.9 Å². The van der Waals surface area contributed by atoms with E-state index in [-0.39, 0.29) is 17.9 Å². The standard InChI is InChI=1S/C19H21N3O/c20-17-12-22(11-16(17)14-4-2-1-3-5-14)19(23)18-9-8-15(10-21-18)13-6-7-13/h1-5,8-10,13,16-17H,6-7,11-12,20H2/t16-,17+/m0/s1. The minimum absolute atomic E-state index is 0.0128. The number of rotatable bonds is 3. The highest BCUT2D eigenvalue weighted by molar-refractivity contribution is 5.92. The van der Waals surface area contributed by atoms with Gasteiger partial charge >= 0.3 is 0 Å². The largest absolute Gasteiger partial charge is 0.335 e. The molecule has 1 aliphatic carbocycles. The Bertz CT molecular complexity index is 694. The number of hydrogen-bond acceptors (Lipinski definition) is 3. The third-order valence-electron chi connectivity index (χ3n) is 4.93. The van der Waals surface area contributed by atoms with Crippen LogP contribution in [0, 0.1) is 0 Å². The first-order valence-corrected chi connectivity index (χ1v) is 8.28. The third kappa shape index (κ3) is 2.86. The summed E-state index contributed by atoms with van der Waals surface area (Å²) in [6.45, 7) is 1.25. The zero-order valence-corrected chi connectivity index (χ0v) is 13.1. The maximum absolute atomic E-state index is 12.7. The van der Waals surface area contributed by atoms with E-state index in [0.29, 0.717) is 24.7 Å². The second-order valence-electron chi connectivity index (χ2n) is 6.64. The van der Waals surface area contributed by atoms with E-state index >= 15 is 0 Å². The van der Waals surface area contributed by atoms with Gasteiger partial charge in [0.2, 0.25) is 0 Å². The van der Waals surface area contributed by atoms with Gasteiger partial charge in [0.25, 0.3) is 5.91 Å². The predicted octanol–water partition coefficient (Wildman–Crippen LogP) is 2.53. The van der Waals surface area contributed by atoms with Gasteiger partial charge in [-0.1, -0.05) is 36.4 Å². The molecule has 2 fully saturated rings. The number of aromatic nitrogens is 1. The summed E-state index contributed by atoms with van der Waals surface area (Å²) in [6, 6.07) is 14.1. The zero-order chi connectivity index (χ0) is 15.8. The first-order valence-electron chi connectivity index (χ1n) is 8.28. The molecule has 1 amide bonds. The Balaban J connectivity index is 1.48. The molecule has 2 N–H and O–H groups in total. The van der Waals surface area contributed by atoms with E-state index in [4.69, 9.17) is 5.73 Å². The fourth-order valence-corrected chi connectivity index (χ4v) is 3.40. The first kappa shape index (κ1) is 14.4. The molecule has 2 aliphatic rings. The molecular formula is C19H21N3O. The van der Waals surface area contributed by atoms with Crippen molar-refractivity contribution in [2.24, 2.45) is 5.73 Å². The predicted molar refractivity (Wildman–Crippen MR) is 89.3 cm³/mol. The molecule has 118 valence electrons. The molecule has 2 aromatic rings. The van der Waals surface area contributed by atoms with E-state index in [2.05, 4.69) is 17.1 Å². The SMILES string of the molecule is N[C@@H]1CN(C(=O)c2ccc(C3CC3)cn2)C[C@H]1c1ccccc1. The number of amides is 1. The summed E-state index contributed by atoms with van der Waals surface area (Å²) < 4.78 is 0. The van der Waals surface area contributed by atoms with Crippen LogP contribution in [0.4, 0.5) is 0 Å². The van der Waals surface area contributed by atoms with Crippen LogP contribution in [0.5, 0.6) is 0 Å². The Labute approximate surface area is 136 Å². The van der Waals surface area contributed by atoms with Crippen molar-refractivity contribution in [3.8, 4) is 0 Å². The molecule has 1 aliphatic heterocycles. The maximum Gasteiger partial charge on any atom is 0.272 e. The van der Waals surface area contributed by atoms with E-state index in [1.54, 1.807) is 0 Å². The molecule has 23 heavy (non-hydrogen) atoms. The lowest BCUT2D eigenvalue weighted by molar-refractivity contribution is 0.0783. The summed E-state index contributed by atoms with van der Waals surface area (Å²) in [5.41, 5.74) is 9.25. The van der Waals surface area contributed by atoms with Crippen molar-refractivity contribution in [2.75, 3.05) is 13.1 Å². The number of benzene rings is 1. The number of nitrogens with zero attached hydrogens (tertiary/aromatic N) is 2. The van der Waals surface area contributed by atoms with Gasteiger partial charge in [0.1, 0.15) is 5.69 Å². The summed E-state index contributed by atoms with van der Waals surface area (Å²) in [6.07, 6.45) is 4.35. The number of nitrogens with two attached hydrogens (primary N) is 1. The van der Waals surface area contributed by atoms with Gasteiger partial charge in [-0.15, -0.1) is 0 Å². The molecule has 0 bridgehead atoms. The fraction of sp³-hybridized carbons (Fsp3) is 0.368. The van der Waals surface area contributed by atoms with Crippen molar-refractivity contribution in [1.29, 1.82) is 0 Å². The summed E-state index contributed by atoms with van der Waals surface area (Å²) in [5.74, 6) is 0.849. The Morgan fingerprint density at radius 3 is 2.48 bits per heavy atom. The van der Waals surface area contributed by atoms with Crippen LogP contribution < -0.4 is 5.73 Å². The summed E-state index contributed by atoms with van der Waals surface area (Å²) >= 11 is 0. The molecule has 4 heteroatoms. The Morgan fingerprint density at radius 2 is 1.83 bits per heavy atom. The van der Waals surface area contributed by atoms with Crippen LogP contribution in [-0.2, 0) is 0 Å². The van der Waals surface area contributed by atoms with Gasteiger partial charge in [0.05, 0.1) is 0 Å². The van der Waals surface area contributed by atoms with Crippen molar-refractivity contribution in [2.45, 2.75) is 30.7 Å². The molecule has 1 aromatic heterocycles. The van der Waals surface area contributed by atoms with E-state index in [9.17, 15) is 4.79 Å². The van der Waals surface area contributed by atoms with E-state index < -0.39 is 0 Å².